The molecule has 0 unspecified atom stereocenters. The molecule has 186 valence electrons. The van der Waals surface area contributed by atoms with E-state index in [1.165, 1.54) is 56.3 Å². The molecule has 1 fully saturated rings. The van der Waals surface area contributed by atoms with Crippen LogP contribution in [0.3, 0.4) is 0 Å². The van der Waals surface area contributed by atoms with Gasteiger partial charge in [-0.25, -0.2) is 0 Å². The second-order valence-electron chi connectivity index (χ2n) is 9.56. The van der Waals surface area contributed by atoms with Crippen LogP contribution in [0.25, 0.3) is 0 Å². The summed E-state index contributed by atoms with van der Waals surface area (Å²) in [4.78, 5) is 11.0. The minimum absolute atomic E-state index is 0.146. The Morgan fingerprint density at radius 3 is 2.21 bits per heavy atom. The van der Waals surface area contributed by atoms with E-state index in [1.807, 2.05) is 36.6 Å². The molecule has 0 amide bonds. The van der Waals surface area contributed by atoms with Gasteiger partial charge in [0.2, 0.25) is 0 Å². The molecular formula is C28H46O4Sn. The van der Waals surface area contributed by atoms with Gasteiger partial charge in [0, 0.05) is 0 Å². The number of unbranched alkanes of at least 4 members (excludes halogenated alkanes) is 3. The molecular weight excluding hydrogens is 519 g/mol. The number of hydrogen-bond acceptors (Lipinski definition) is 4. The molecule has 0 saturated carbocycles. The summed E-state index contributed by atoms with van der Waals surface area (Å²) in [5.74, 6) is 0. The van der Waals surface area contributed by atoms with Crippen LogP contribution in [0.1, 0.15) is 84.0 Å². The summed E-state index contributed by atoms with van der Waals surface area (Å²) >= 11 is -2.18. The van der Waals surface area contributed by atoms with Crippen molar-refractivity contribution < 1.29 is 19.0 Å². The van der Waals surface area contributed by atoms with Crippen LogP contribution in [0.4, 0.5) is 0 Å². The fourth-order valence-corrected chi connectivity index (χ4v) is 19.8. The number of allylic oxidation sites excluding steroid dienone is 1. The number of hydrogen-bond donors (Lipinski definition) is 0. The van der Waals surface area contributed by atoms with E-state index < -0.39 is 24.7 Å². The van der Waals surface area contributed by atoms with E-state index in [-0.39, 0.29) is 12.2 Å². The van der Waals surface area contributed by atoms with E-state index in [0.29, 0.717) is 19.4 Å². The van der Waals surface area contributed by atoms with Crippen molar-refractivity contribution in [1.82, 2.24) is 0 Å². The van der Waals surface area contributed by atoms with Crippen molar-refractivity contribution >= 4 is 24.7 Å². The maximum absolute atomic E-state index is 11.0. The molecule has 1 aromatic rings. The van der Waals surface area contributed by atoms with Gasteiger partial charge >= 0.3 is 207 Å². The molecule has 1 heterocycles. The van der Waals surface area contributed by atoms with Crippen LogP contribution in [-0.4, -0.2) is 43.5 Å². The first-order valence-corrected chi connectivity index (χ1v) is 21.3. The Balaban J connectivity index is 1.99. The number of rotatable bonds is 17. The van der Waals surface area contributed by atoms with Gasteiger partial charge in [-0.3, -0.25) is 0 Å². The number of aldehydes is 1. The molecule has 0 N–H and O–H groups in total. The Morgan fingerprint density at radius 2 is 1.64 bits per heavy atom. The van der Waals surface area contributed by atoms with Crippen LogP contribution in [0, 0.1) is 0 Å². The Hall–Kier alpha value is -0.851. The SMILES string of the molecule is CCC[CH2][Sn]([CH2]/C=C\O[C@@H]1CO[C@@H](c2ccccc2)O[C@H]1CCC=O)([CH2]CCC)[CH2]CCC. The molecule has 1 saturated heterocycles. The third-order valence-corrected chi connectivity index (χ3v) is 22.1. The van der Waals surface area contributed by atoms with E-state index in [0.717, 1.165) is 11.8 Å². The zero-order valence-corrected chi connectivity index (χ0v) is 24.0. The molecule has 1 aliphatic heterocycles. The topological polar surface area (TPSA) is 44.8 Å². The Morgan fingerprint density at radius 1 is 1.00 bits per heavy atom. The molecule has 4 nitrogen and oxygen atoms in total. The predicted molar refractivity (Wildman–Crippen MR) is 139 cm³/mol. The van der Waals surface area contributed by atoms with Crippen molar-refractivity contribution in [3.63, 3.8) is 0 Å². The number of carbonyl (C=O) groups excluding carboxylic acids is 1. The van der Waals surface area contributed by atoms with Gasteiger partial charge < -0.3 is 0 Å². The Labute approximate surface area is 206 Å². The quantitative estimate of drug-likeness (QED) is 0.110. The van der Waals surface area contributed by atoms with Gasteiger partial charge in [0.15, 0.2) is 0 Å². The van der Waals surface area contributed by atoms with Crippen LogP contribution in [0.5, 0.6) is 0 Å². The third kappa shape index (κ3) is 10.1. The van der Waals surface area contributed by atoms with Gasteiger partial charge in [0.05, 0.1) is 0 Å². The second-order valence-corrected chi connectivity index (χ2v) is 23.6. The fourth-order valence-electron chi connectivity index (χ4n) is 4.76. The van der Waals surface area contributed by atoms with Crippen molar-refractivity contribution in [3.8, 4) is 0 Å². The third-order valence-electron chi connectivity index (χ3n) is 6.85. The summed E-state index contributed by atoms with van der Waals surface area (Å²) in [5, 5.41) is 0. The monoisotopic (exact) mass is 566 g/mol. The zero-order valence-electron chi connectivity index (χ0n) is 21.2. The molecule has 0 aliphatic carbocycles. The second kappa shape index (κ2) is 16.7. The molecule has 1 aliphatic rings. The van der Waals surface area contributed by atoms with Crippen molar-refractivity contribution in [1.29, 1.82) is 0 Å². The fraction of sp³-hybridized carbons (Fsp3) is 0.679. The summed E-state index contributed by atoms with van der Waals surface area (Å²) in [6.45, 7) is 7.44. The van der Waals surface area contributed by atoms with E-state index in [9.17, 15) is 4.79 Å². The van der Waals surface area contributed by atoms with Gasteiger partial charge in [-0.2, -0.15) is 0 Å². The van der Waals surface area contributed by atoms with Gasteiger partial charge in [-0.15, -0.1) is 0 Å². The molecule has 33 heavy (non-hydrogen) atoms. The Bertz CT molecular complexity index is 641. The van der Waals surface area contributed by atoms with Crippen molar-refractivity contribution in [2.75, 3.05) is 6.61 Å². The van der Waals surface area contributed by atoms with Crippen molar-refractivity contribution in [2.45, 2.75) is 108 Å². The van der Waals surface area contributed by atoms with Crippen LogP contribution < -0.4 is 0 Å². The van der Waals surface area contributed by atoms with Crippen LogP contribution in [0.15, 0.2) is 42.7 Å². The van der Waals surface area contributed by atoms with E-state index >= 15 is 0 Å². The number of carbonyl (C=O) groups is 1. The zero-order chi connectivity index (χ0) is 23.8. The molecule has 2 rings (SSSR count). The van der Waals surface area contributed by atoms with Gasteiger partial charge in [-0.1, -0.05) is 0 Å². The normalized spacial score (nSPS) is 21.4. The number of benzene rings is 1. The van der Waals surface area contributed by atoms with Crippen molar-refractivity contribution in [3.05, 3.63) is 48.2 Å². The van der Waals surface area contributed by atoms with Gasteiger partial charge in [-0.05, 0) is 0 Å². The first kappa shape index (κ1) is 28.4. The minimum atomic E-state index is -2.18. The van der Waals surface area contributed by atoms with Crippen LogP contribution >= 0.6 is 0 Å². The first-order valence-electron chi connectivity index (χ1n) is 13.2. The summed E-state index contributed by atoms with van der Waals surface area (Å²) < 4.78 is 24.2. The summed E-state index contributed by atoms with van der Waals surface area (Å²) in [6.07, 6.45) is 13.7. The molecule has 1 aromatic carbocycles. The molecule has 0 aromatic heterocycles. The molecule has 0 spiro atoms. The average Bonchev–Trinajstić information content (AvgIpc) is 2.86. The standard InChI is InChI=1S/C16H19O4.3C4H9.Sn/c1-2-11-18-15-12-19-16(13-7-4-3-5-8-13)20-14(15)9-6-10-17;3*1-3-4-2;/h2-5,7-8,10-11,14-16H,1,6,9,12H2;3*1,3-4H2,2H3;/b11-2-;;;;/t14-,15+,16+;;;;/m0..../s1. The Kier molecular flexibility index (Phi) is 14.4. The van der Waals surface area contributed by atoms with Gasteiger partial charge in [0.25, 0.3) is 0 Å². The van der Waals surface area contributed by atoms with Crippen LogP contribution in [0.2, 0.25) is 17.7 Å². The van der Waals surface area contributed by atoms with Gasteiger partial charge in [0.1, 0.15) is 0 Å². The molecule has 0 bridgehead atoms. The van der Waals surface area contributed by atoms with Crippen LogP contribution in [-0.2, 0) is 19.0 Å². The summed E-state index contributed by atoms with van der Waals surface area (Å²) in [7, 11) is 0. The molecule has 3 atom stereocenters. The maximum atomic E-state index is 11.0. The summed E-state index contributed by atoms with van der Waals surface area (Å²) in [5.41, 5.74) is 1.00. The summed E-state index contributed by atoms with van der Waals surface area (Å²) in [6, 6.07) is 9.98. The van der Waals surface area contributed by atoms with E-state index in [1.54, 1.807) is 0 Å². The first-order chi connectivity index (χ1) is 16.2. The predicted octanol–water partition coefficient (Wildman–Crippen LogP) is 7.83. The van der Waals surface area contributed by atoms with Crippen molar-refractivity contribution in [2.24, 2.45) is 0 Å². The molecule has 0 radical (unpaired) electrons. The van der Waals surface area contributed by atoms with E-state index in [2.05, 4.69) is 26.8 Å². The van der Waals surface area contributed by atoms with E-state index in [4.69, 9.17) is 14.2 Å². The average molecular weight is 565 g/mol. The number of ether oxygens (including phenoxy) is 3. The molecule has 5 heteroatoms.